The van der Waals surface area contributed by atoms with Crippen molar-refractivity contribution >= 4 is 12.4 Å². The molecule has 0 aromatic heterocycles. The van der Waals surface area contributed by atoms with E-state index in [1.54, 1.807) is 0 Å². The van der Waals surface area contributed by atoms with Gasteiger partial charge in [-0.1, -0.05) is 0 Å². The van der Waals surface area contributed by atoms with Crippen LogP contribution in [0.4, 0.5) is 0 Å². The normalized spacial score (nSPS) is 20.2. The van der Waals surface area contributed by atoms with E-state index in [9.17, 15) is 0 Å². The molecule has 68 valence electrons. The Labute approximate surface area is 74.3 Å². The molecule has 0 atom stereocenters. The van der Waals surface area contributed by atoms with E-state index in [2.05, 4.69) is 5.32 Å². The molecule has 0 radical (unpaired) electrons. The molecule has 0 aromatic rings. The Morgan fingerprint density at radius 3 is 2.36 bits per heavy atom. The van der Waals surface area contributed by atoms with Crippen molar-refractivity contribution in [1.82, 2.24) is 5.32 Å². The first kappa shape index (κ1) is 11.2. The van der Waals surface area contributed by atoms with Crippen LogP contribution in [0, 0.1) is 0 Å². The van der Waals surface area contributed by atoms with Crippen LogP contribution in [-0.4, -0.2) is 25.2 Å². The second-order valence-electron chi connectivity index (χ2n) is 3.18. The van der Waals surface area contributed by atoms with Crippen LogP contribution in [0.1, 0.15) is 19.3 Å². The van der Waals surface area contributed by atoms with Crippen molar-refractivity contribution in [2.24, 2.45) is 11.5 Å². The lowest BCUT2D eigenvalue weighted by molar-refractivity contribution is 0.240. The predicted molar refractivity (Wildman–Crippen MR) is 49.9 cm³/mol. The molecule has 4 heteroatoms. The fourth-order valence-electron chi connectivity index (χ4n) is 1.25. The first-order valence-corrected chi connectivity index (χ1v) is 3.96. The molecule has 0 bridgehead atoms. The van der Waals surface area contributed by atoms with Crippen LogP contribution in [0.5, 0.6) is 0 Å². The first-order valence-electron chi connectivity index (χ1n) is 3.96. The van der Waals surface area contributed by atoms with E-state index in [-0.39, 0.29) is 17.9 Å². The van der Waals surface area contributed by atoms with Crippen LogP contribution in [-0.2, 0) is 0 Å². The van der Waals surface area contributed by atoms with Crippen LogP contribution in [0.25, 0.3) is 0 Å². The standard InChI is InChI=1S/C7H17N3.ClH/c8-4-5-10-6-7(9)2-1-3-7;/h10H,1-6,8-9H2;1H. The zero-order chi connectivity index (χ0) is 7.45. The largest absolute Gasteiger partial charge is 0.329 e. The molecule has 1 fully saturated rings. The summed E-state index contributed by atoms with van der Waals surface area (Å²) in [5.41, 5.74) is 11.4. The zero-order valence-electron chi connectivity index (χ0n) is 6.81. The second-order valence-corrected chi connectivity index (χ2v) is 3.18. The second kappa shape index (κ2) is 4.93. The summed E-state index contributed by atoms with van der Waals surface area (Å²) >= 11 is 0. The smallest absolute Gasteiger partial charge is 0.0280 e. The number of hydrogen-bond acceptors (Lipinski definition) is 3. The minimum atomic E-state index is 0. The fourth-order valence-corrected chi connectivity index (χ4v) is 1.25. The van der Waals surface area contributed by atoms with Gasteiger partial charge in [-0.15, -0.1) is 12.4 Å². The molecule has 1 saturated carbocycles. The Hall–Kier alpha value is 0.170. The summed E-state index contributed by atoms with van der Waals surface area (Å²) in [6, 6.07) is 0. The minimum absolute atomic E-state index is 0. The van der Waals surface area contributed by atoms with Gasteiger partial charge in [0.05, 0.1) is 0 Å². The van der Waals surface area contributed by atoms with Crippen molar-refractivity contribution in [1.29, 1.82) is 0 Å². The number of hydrogen-bond donors (Lipinski definition) is 3. The van der Waals surface area contributed by atoms with E-state index >= 15 is 0 Å². The summed E-state index contributed by atoms with van der Waals surface area (Å²) in [7, 11) is 0. The van der Waals surface area contributed by atoms with Crippen molar-refractivity contribution in [3.05, 3.63) is 0 Å². The number of nitrogens with one attached hydrogen (secondary N) is 1. The molecule has 0 unspecified atom stereocenters. The Morgan fingerprint density at radius 2 is 2.00 bits per heavy atom. The summed E-state index contributed by atoms with van der Waals surface area (Å²) < 4.78 is 0. The van der Waals surface area contributed by atoms with Gasteiger partial charge in [0.15, 0.2) is 0 Å². The quantitative estimate of drug-likeness (QED) is 0.526. The minimum Gasteiger partial charge on any atom is -0.329 e. The van der Waals surface area contributed by atoms with Crippen LogP contribution in [0.15, 0.2) is 0 Å². The van der Waals surface area contributed by atoms with Gasteiger partial charge in [0, 0.05) is 25.2 Å². The molecular weight excluding hydrogens is 162 g/mol. The van der Waals surface area contributed by atoms with Gasteiger partial charge in [-0.3, -0.25) is 0 Å². The van der Waals surface area contributed by atoms with Gasteiger partial charge in [-0.2, -0.15) is 0 Å². The third-order valence-electron chi connectivity index (χ3n) is 2.15. The number of halogens is 1. The van der Waals surface area contributed by atoms with E-state index in [1.807, 2.05) is 0 Å². The summed E-state index contributed by atoms with van der Waals surface area (Å²) in [4.78, 5) is 0. The first-order chi connectivity index (χ1) is 4.77. The molecule has 5 N–H and O–H groups in total. The van der Waals surface area contributed by atoms with Crippen LogP contribution >= 0.6 is 12.4 Å². The van der Waals surface area contributed by atoms with Crippen LogP contribution < -0.4 is 16.8 Å². The Bertz CT molecular complexity index is 104. The topological polar surface area (TPSA) is 64.1 Å². The highest BCUT2D eigenvalue weighted by Gasteiger charge is 2.31. The highest BCUT2D eigenvalue weighted by Crippen LogP contribution is 2.27. The Morgan fingerprint density at radius 1 is 1.36 bits per heavy atom. The predicted octanol–water partition coefficient (Wildman–Crippen LogP) is -0.162. The van der Waals surface area contributed by atoms with Crippen molar-refractivity contribution in [3.63, 3.8) is 0 Å². The van der Waals surface area contributed by atoms with E-state index in [0.717, 1.165) is 13.1 Å². The maximum absolute atomic E-state index is 5.94. The summed E-state index contributed by atoms with van der Waals surface area (Å²) in [5, 5.41) is 3.23. The van der Waals surface area contributed by atoms with Gasteiger partial charge in [-0.05, 0) is 19.3 Å². The zero-order valence-corrected chi connectivity index (χ0v) is 7.62. The lowest BCUT2D eigenvalue weighted by atomic mass is 9.78. The molecule has 0 aromatic carbocycles. The lowest BCUT2D eigenvalue weighted by Crippen LogP contribution is -2.54. The van der Waals surface area contributed by atoms with Crippen LogP contribution in [0.2, 0.25) is 0 Å². The van der Waals surface area contributed by atoms with Gasteiger partial charge in [0.2, 0.25) is 0 Å². The number of rotatable bonds is 4. The average molecular weight is 180 g/mol. The van der Waals surface area contributed by atoms with Gasteiger partial charge >= 0.3 is 0 Å². The third-order valence-corrected chi connectivity index (χ3v) is 2.15. The molecule has 11 heavy (non-hydrogen) atoms. The molecule has 1 aliphatic rings. The Balaban J connectivity index is 0.000001000. The molecule has 3 nitrogen and oxygen atoms in total. The van der Waals surface area contributed by atoms with Crippen LogP contribution in [0.3, 0.4) is 0 Å². The van der Waals surface area contributed by atoms with Gasteiger partial charge < -0.3 is 16.8 Å². The van der Waals surface area contributed by atoms with E-state index in [1.165, 1.54) is 19.3 Å². The van der Waals surface area contributed by atoms with E-state index in [4.69, 9.17) is 11.5 Å². The Kier molecular flexibility index (Phi) is 5.01. The summed E-state index contributed by atoms with van der Waals surface area (Å²) in [5.74, 6) is 0. The van der Waals surface area contributed by atoms with Gasteiger partial charge in [-0.25, -0.2) is 0 Å². The molecule has 0 amide bonds. The molecule has 0 spiro atoms. The van der Waals surface area contributed by atoms with E-state index < -0.39 is 0 Å². The molecular formula is C7H18ClN3. The van der Waals surface area contributed by atoms with Crippen molar-refractivity contribution in [3.8, 4) is 0 Å². The number of nitrogens with two attached hydrogens (primary N) is 2. The summed E-state index contributed by atoms with van der Waals surface area (Å²) in [6.45, 7) is 2.53. The van der Waals surface area contributed by atoms with Crippen molar-refractivity contribution < 1.29 is 0 Å². The van der Waals surface area contributed by atoms with Gasteiger partial charge in [0.1, 0.15) is 0 Å². The molecule has 1 rings (SSSR count). The van der Waals surface area contributed by atoms with Crippen molar-refractivity contribution in [2.75, 3.05) is 19.6 Å². The molecule has 0 heterocycles. The van der Waals surface area contributed by atoms with E-state index in [0.29, 0.717) is 6.54 Å². The maximum atomic E-state index is 5.94. The summed E-state index contributed by atoms with van der Waals surface area (Å²) in [6.07, 6.45) is 3.63. The highest BCUT2D eigenvalue weighted by molar-refractivity contribution is 5.85. The third kappa shape index (κ3) is 3.38. The molecule has 0 aliphatic heterocycles. The highest BCUT2D eigenvalue weighted by atomic mass is 35.5. The molecule has 1 aliphatic carbocycles. The fraction of sp³-hybridized carbons (Fsp3) is 1.00. The lowest BCUT2D eigenvalue weighted by Gasteiger charge is -2.38. The molecule has 0 saturated heterocycles. The van der Waals surface area contributed by atoms with Crippen molar-refractivity contribution in [2.45, 2.75) is 24.8 Å². The monoisotopic (exact) mass is 179 g/mol. The average Bonchev–Trinajstić information content (AvgIpc) is 1.85. The SMILES string of the molecule is Cl.NCCNCC1(N)CCC1. The van der Waals surface area contributed by atoms with Gasteiger partial charge in [0.25, 0.3) is 0 Å². The maximum Gasteiger partial charge on any atom is 0.0280 e.